The smallest absolute Gasteiger partial charge is 0.0303 e. The summed E-state index contributed by atoms with van der Waals surface area (Å²) in [4.78, 5) is 4.27. The molecule has 1 aliphatic rings. The second kappa shape index (κ2) is 4.09. The Morgan fingerprint density at radius 1 is 1.43 bits per heavy atom. The van der Waals surface area contributed by atoms with Crippen molar-refractivity contribution in [2.24, 2.45) is 5.92 Å². The van der Waals surface area contributed by atoms with Crippen LogP contribution >= 0.6 is 0 Å². The van der Waals surface area contributed by atoms with E-state index in [2.05, 4.69) is 30.2 Å². The maximum atomic E-state index is 4.27. The van der Waals surface area contributed by atoms with Crippen molar-refractivity contribution >= 4 is 0 Å². The lowest BCUT2D eigenvalue weighted by molar-refractivity contribution is 0.349. The monoisotopic (exact) mass is 190 g/mol. The summed E-state index contributed by atoms with van der Waals surface area (Å²) < 4.78 is 0. The third kappa shape index (κ3) is 1.95. The van der Waals surface area contributed by atoms with Crippen LogP contribution < -0.4 is 5.32 Å². The molecule has 1 aromatic rings. The summed E-state index contributed by atoms with van der Waals surface area (Å²) in [6.07, 6.45) is 5.20. The van der Waals surface area contributed by atoms with Gasteiger partial charge >= 0.3 is 0 Å². The molecule has 0 radical (unpaired) electrons. The number of pyridine rings is 1. The lowest BCUT2D eigenvalue weighted by atomic mass is 9.83. The van der Waals surface area contributed by atoms with Crippen LogP contribution in [0.3, 0.4) is 0 Å². The quantitative estimate of drug-likeness (QED) is 0.733. The van der Waals surface area contributed by atoms with Gasteiger partial charge in [-0.15, -0.1) is 0 Å². The van der Waals surface area contributed by atoms with Gasteiger partial charge in [-0.1, -0.05) is 13.0 Å². The highest BCUT2D eigenvalue weighted by Crippen LogP contribution is 2.29. The summed E-state index contributed by atoms with van der Waals surface area (Å²) in [7, 11) is 0. The Balaban J connectivity index is 2.20. The van der Waals surface area contributed by atoms with Gasteiger partial charge in [-0.3, -0.25) is 4.98 Å². The number of piperidine rings is 1. The number of nitrogens with one attached hydrogen (secondary N) is 1. The zero-order valence-electron chi connectivity index (χ0n) is 8.96. The fourth-order valence-electron chi connectivity index (χ4n) is 2.29. The van der Waals surface area contributed by atoms with E-state index in [-0.39, 0.29) is 0 Å². The topological polar surface area (TPSA) is 24.9 Å². The van der Waals surface area contributed by atoms with E-state index in [4.69, 9.17) is 0 Å². The van der Waals surface area contributed by atoms with E-state index in [1.165, 1.54) is 17.5 Å². The summed E-state index contributed by atoms with van der Waals surface area (Å²) in [5.74, 6) is 1.43. The van der Waals surface area contributed by atoms with Gasteiger partial charge in [0.1, 0.15) is 0 Å². The fraction of sp³-hybridized carbons (Fsp3) is 0.583. The molecule has 1 aliphatic heterocycles. The molecule has 2 unspecified atom stereocenters. The lowest BCUT2D eigenvalue weighted by Gasteiger charge is -2.29. The highest BCUT2D eigenvalue weighted by atomic mass is 14.9. The first kappa shape index (κ1) is 9.66. The molecule has 0 aliphatic carbocycles. The minimum atomic E-state index is 0.698. The molecule has 1 aromatic heterocycles. The van der Waals surface area contributed by atoms with E-state index in [1.807, 2.05) is 12.4 Å². The molecular formula is C12H18N2. The van der Waals surface area contributed by atoms with E-state index < -0.39 is 0 Å². The predicted molar refractivity (Wildman–Crippen MR) is 58.4 cm³/mol. The molecule has 1 saturated heterocycles. The third-order valence-corrected chi connectivity index (χ3v) is 3.11. The van der Waals surface area contributed by atoms with Crippen LogP contribution in [-0.4, -0.2) is 18.1 Å². The Labute approximate surface area is 85.7 Å². The number of aryl methyl sites for hydroxylation is 1. The maximum absolute atomic E-state index is 4.27. The molecule has 14 heavy (non-hydrogen) atoms. The van der Waals surface area contributed by atoms with Crippen molar-refractivity contribution in [1.82, 2.24) is 10.3 Å². The van der Waals surface area contributed by atoms with Gasteiger partial charge in [0, 0.05) is 12.4 Å². The molecule has 0 spiro atoms. The predicted octanol–water partition coefficient (Wildman–Crippen LogP) is 2.10. The molecule has 1 N–H and O–H groups in total. The molecule has 76 valence electrons. The summed E-state index contributed by atoms with van der Waals surface area (Å²) in [5, 5.41) is 3.43. The summed E-state index contributed by atoms with van der Waals surface area (Å²) in [5.41, 5.74) is 2.69. The van der Waals surface area contributed by atoms with E-state index in [9.17, 15) is 0 Å². The number of rotatable bonds is 1. The molecule has 0 saturated carbocycles. The molecule has 2 rings (SSSR count). The molecule has 1 fully saturated rings. The molecule has 2 nitrogen and oxygen atoms in total. The Kier molecular flexibility index (Phi) is 2.82. The van der Waals surface area contributed by atoms with E-state index >= 15 is 0 Å². The van der Waals surface area contributed by atoms with Crippen LogP contribution in [-0.2, 0) is 0 Å². The highest BCUT2D eigenvalue weighted by Gasteiger charge is 2.22. The van der Waals surface area contributed by atoms with Crippen molar-refractivity contribution in [2.45, 2.75) is 26.2 Å². The van der Waals surface area contributed by atoms with Gasteiger partial charge in [0.05, 0.1) is 0 Å². The van der Waals surface area contributed by atoms with Crippen LogP contribution in [0.15, 0.2) is 18.5 Å². The van der Waals surface area contributed by atoms with Crippen LogP contribution in [0.25, 0.3) is 0 Å². The van der Waals surface area contributed by atoms with Crippen LogP contribution in [0.2, 0.25) is 0 Å². The minimum Gasteiger partial charge on any atom is -0.316 e. The standard InChI is InChI=1S/C12H18N2/c1-9-5-11(8-14-6-9)12-3-4-13-7-10(12)2/h5-6,8,10,12-13H,3-4,7H2,1-2H3. The van der Waals surface area contributed by atoms with Gasteiger partial charge in [-0.05, 0) is 49.4 Å². The molecule has 2 atom stereocenters. The number of hydrogen-bond acceptors (Lipinski definition) is 2. The SMILES string of the molecule is Cc1cncc(C2CCNCC2C)c1. The van der Waals surface area contributed by atoms with Crippen molar-refractivity contribution in [1.29, 1.82) is 0 Å². The largest absolute Gasteiger partial charge is 0.316 e. The zero-order valence-corrected chi connectivity index (χ0v) is 8.96. The highest BCUT2D eigenvalue weighted by molar-refractivity contribution is 5.21. The van der Waals surface area contributed by atoms with Crippen LogP contribution in [0.4, 0.5) is 0 Å². The van der Waals surface area contributed by atoms with Gasteiger partial charge in [-0.25, -0.2) is 0 Å². The molecule has 0 aromatic carbocycles. The number of aromatic nitrogens is 1. The Morgan fingerprint density at radius 2 is 2.29 bits per heavy atom. The molecule has 0 bridgehead atoms. The second-order valence-electron chi connectivity index (χ2n) is 4.37. The van der Waals surface area contributed by atoms with Gasteiger partial charge in [0.25, 0.3) is 0 Å². The molecular weight excluding hydrogens is 172 g/mol. The first-order valence-corrected chi connectivity index (χ1v) is 5.39. The number of hydrogen-bond donors (Lipinski definition) is 1. The van der Waals surface area contributed by atoms with E-state index in [0.717, 1.165) is 19.0 Å². The Hall–Kier alpha value is -0.890. The van der Waals surface area contributed by atoms with Crippen molar-refractivity contribution in [3.63, 3.8) is 0 Å². The maximum Gasteiger partial charge on any atom is 0.0303 e. The van der Waals surface area contributed by atoms with E-state index in [0.29, 0.717) is 5.92 Å². The Bertz CT molecular complexity index is 309. The van der Waals surface area contributed by atoms with Crippen molar-refractivity contribution < 1.29 is 0 Å². The van der Waals surface area contributed by atoms with Crippen molar-refractivity contribution in [3.8, 4) is 0 Å². The summed E-state index contributed by atoms with van der Waals surface area (Å²) in [6, 6.07) is 2.28. The first-order valence-electron chi connectivity index (χ1n) is 5.39. The van der Waals surface area contributed by atoms with Gasteiger partial charge in [-0.2, -0.15) is 0 Å². The first-order chi connectivity index (χ1) is 6.77. The molecule has 0 amide bonds. The van der Waals surface area contributed by atoms with Gasteiger partial charge < -0.3 is 5.32 Å². The third-order valence-electron chi connectivity index (χ3n) is 3.11. The average Bonchev–Trinajstić information content (AvgIpc) is 2.18. The van der Waals surface area contributed by atoms with Crippen LogP contribution in [0.1, 0.15) is 30.4 Å². The normalized spacial score (nSPS) is 27.6. The average molecular weight is 190 g/mol. The van der Waals surface area contributed by atoms with Crippen LogP contribution in [0, 0.1) is 12.8 Å². The van der Waals surface area contributed by atoms with Crippen LogP contribution in [0.5, 0.6) is 0 Å². The van der Waals surface area contributed by atoms with Crippen molar-refractivity contribution in [2.75, 3.05) is 13.1 Å². The zero-order chi connectivity index (χ0) is 9.97. The lowest BCUT2D eigenvalue weighted by Crippen LogP contribution is -2.33. The Morgan fingerprint density at radius 3 is 3.00 bits per heavy atom. The molecule has 2 heterocycles. The summed E-state index contributed by atoms with van der Waals surface area (Å²) in [6.45, 7) is 6.71. The summed E-state index contributed by atoms with van der Waals surface area (Å²) >= 11 is 0. The minimum absolute atomic E-state index is 0.698. The van der Waals surface area contributed by atoms with Gasteiger partial charge in [0.2, 0.25) is 0 Å². The van der Waals surface area contributed by atoms with E-state index in [1.54, 1.807) is 0 Å². The molecule has 2 heteroatoms. The van der Waals surface area contributed by atoms with Gasteiger partial charge in [0.15, 0.2) is 0 Å². The fourth-order valence-corrected chi connectivity index (χ4v) is 2.29. The van der Waals surface area contributed by atoms with Crippen molar-refractivity contribution in [3.05, 3.63) is 29.6 Å². The second-order valence-corrected chi connectivity index (χ2v) is 4.37. The number of nitrogens with zero attached hydrogens (tertiary/aromatic N) is 1.